The third-order valence-electron chi connectivity index (χ3n) is 5.27. The molecule has 0 saturated heterocycles. The summed E-state index contributed by atoms with van der Waals surface area (Å²) in [4.78, 5) is 17.7. The van der Waals surface area contributed by atoms with E-state index in [2.05, 4.69) is 13.8 Å². The smallest absolute Gasteiger partial charge is 0.326 e. The SMILES string of the molecule is CC1(C)CC(CN)(CS(=O)(=O)O)C1.NCC1(CP(=O)(O)O)CCCC1. The standard InChI is InChI=1S/C8H17NO3S.C7H16NO3P/c1-7(2)3-8(4-7,5-9)6-13(10,11)12;8-5-7(3-1-2-4-7)6-12(9,10)11/h3-6,9H2,1-2H3,(H,10,11,12);1-6,8H2,(H2,9,10,11). The van der Waals surface area contributed by atoms with E-state index in [1.54, 1.807) is 0 Å². The molecule has 0 aromatic rings. The fourth-order valence-electron chi connectivity index (χ4n) is 4.66. The minimum absolute atomic E-state index is 0.0312. The zero-order chi connectivity index (χ0) is 19.6. The third kappa shape index (κ3) is 7.62. The molecule has 0 aliphatic heterocycles. The summed E-state index contributed by atoms with van der Waals surface area (Å²) in [6, 6.07) is 0. The predicted molar refractivity (Wildman–Crippen MR) is 97.8 cm³/mol. The molecule has 2 aliphatic carbocycles. The molecule has 0 bridgehead atoms. The summed E-state index contributed by atoms with van der Waals surface area (Å²) in [6.07, 6.45) is 5.36. The number of nitrogens with two attached hydrogens (primary N) is 2. The fourth-order valence-corrected chi connectivity index (χ4v) is 7.07. The van der Waals surface area contributed by atoms with Crippen molar-refractivity contribution in [1.82, 2.24) is 0 Å². The molecule has 0 aromatic heterocycles. The van der Waals surface area contributed by atoms with Crippen molar-refractivity contribution in [3.8, 4) is 0 Å². The highest BCUT2D eigenvalue weighted by atomic mass is 32.2. The molecule has 2 saturated carbocycles. The van der Waals surface area contributed by atoms with E-state index in [1.807, 2.05) is 0 Å². The second kappa shape index (κ2) is 7.92. The van der Waals surface area contributed by atoms with Crippen LogP contribution < -0.4 is 11.5 Å². The van der Waals surface area contributed by atoms with Crippen LogP contribution in [0, 0.1) is 16.2 Å². The summed E-state index contributed by atoms with van der Waals surface area (Å²) in [6.45, 7) is 4.88. The normalized spacial score (nSPS) is 24.1. The van der Waals surface area contributed by atoms with Gasteiger partial charge in [0.05, 0.1) is 11.9 Å². The largest absolute Gasteiger partial charge is 0.330 e. The second-order valence-electron chi connectivity index (χ2n) is 8.68. The molecule has 0 amide bonds. The molecule has 25 heavy (non-hydrogen) atoms. The van der Waals surface area contributed by atoms with Crippen LogP contribution in [-0.2, 0) is 14.7 Å². The first kappa shape index (κ1) is 23.0. The molecule has 0 heterocycles. The molecule has 0 spiro atoms. The van der Waals surface area contributed by atoms with Crippen LogP contribution in [0.25, 0.3) is 0 Å². The van der Waals surface area contributed by atoms with Gasteiger partial charge in [-0.3, -0.25) is 9.12 Å². The molecule has 150 valence electrons. The van der Waals surface area contributed by atoms with Gasteiger partial charge >= 0.3 is 7.60 Å². The maximum Gasteiger partial charge on any atom is 0.326 e. The Bertz CT molecular complexity index is 587. The Balaban J connectivity index is 0.000000251. The average Bonchev–Trinajstić information content (AvgIpc) is 2.82. The molecule has 8 nitrogen and oxygen atoms in total. The summed E-state index contributed by atoms with van der Waals surface area (Å²) in [5.41, 5.74) is 10.6. The van der Waals surface area contributed by atoms with Crippen molar-refractivity contribution in [1.29, 1.82) is 0 Å². The zero-order valence-corrected chi connectivity index (χ0v) is 16.9. The highest BCUT2D eigenvalue weighted by molar-refractivity contribution is 7.85. The molecule has 7 N–H and O–H groups in total. The zero-order valence-electron chi connectivity index (χ0n) is 15.1. The van der Waals surface area contributed by atoms with Crippen LogP contribution in [0.4, 0.5) is 0 Å². The van der Waals surface area contributed by atoms with E-state index in [9.17, 15) is 13.0 Å². The van der Waals surface area contributed by atoms with Crippen molar-refractivity contribution >= 4 is 17.7 Å². The molecule has 2 aliphatic rings. The Kier molecular flexibility index (Phi) is 7.30. The van der Waals surface area contributed by atoms with Gasteiger partial charge in [0.15, 0.2) is 0 Å². The monoisotopic (exact) mass is 400 g/mol. The van der Waals surface area contributed by atoms with Crippen LogP contribution in [0.3, 0.4) is 0 Å². The first-order valence-electron chi connectivity index (χ1n) is 8.56. The third-order valence-corrected chi connectivity index (χ3v) is 7.33. The molecule has 0 unspecified atom stereocenters. The van der Waals surface area contributed by atoms with E-state index in [4.69, 9.17) is 25.8 Å². The van der Waals surface area contributed by atoms with Crippen molar-refractivity contribution in [3.63, 3.8) is 0 Å². The Labute approximate surface area is 150 Å². The van der Waals surface area contributed by atoms with Crippen molar-refractivity contribution < 1.29 is 27.3 Å². The van der Waals surface area contributed by atoms with Gasteiger partial charge in [0, 0.05) is 0 Å². The van der Waals surface area contributed by atoms with Crippen LogP contribution in [-0.4, -0.2) is 47.8 Å². The van der Waals surface area contributed by atoms with E-state index in [0.717, 1.165) is 38.5 Å². The molecule has 10 heteroatoms. The lowest BCUT2D eigenvalue weighted by atomic mass is 9.55. The number of hydrogen-bond acceptors (Lipinski definition) is 5. The molecular formula is C15H33N2O6PS. The molecule has 0 atom stereocenters. The van der Waals surface area contributed by atoms with E-state index in [-0.39, 0.29) is 28.2 Å². The van der Waals surface area contributed by atoms with Gasteiger partial charge in [-0.1, -0.05) is 26.7 Å². The molecule has 2 fully saturated rings. The van der Waals surface area contributed by atoms with Gasteiger partial charge < -0.3 is 21.3 Å². The van der Waals surface area contributed by atoms with Gasteiger partial charge in [-0.2, -0.15) is 8.42 Å². The maximum atomic E-state index is 10.8. The van der Waals surface area contributed by atoms with Crippen LogP contribution in [0.5, 0.6) is 0 Å². The molecule has 0 radical (unpaired) electrons. The Morgan fingerprint density at radius 2 is 1.44 bits per heavy atom. The van der Waals surface area contributed by atoms with Crippen molar-refractivity contribution in [2.45, 2.75) is 52.4 Å². The van der Waals surface area contributed by atoms with Gasteiger partial charge in [0.2, 0.25) is 0 Å². The summed E-state index contributed by atoms with van der Waals surface area (Å²) < 4.78 is 40.9. The average molecular weight is 400 g/mol. The lowest BCUT2D eigenvalue weighted by molar-refractivity contribution is 0.0131. The summed E-state index contributed by atoms with van der Waals surface area (Å²) in [5.74, 6) is -0.195. The van der Waals surface area contributed by atoms with Crippen LogP contribution >= 0.6 is 7.60 Å². The topological polar surface area (TPSA) is 164 Å². The van der Waals surface area contributed by atoms with Crippen molar-refractivity contribution in [2.75, 3.05) is 25.0 Å². The number of rotatable bonds is 6. The first-order chi connectivity index (χ1) is 11.2. The van der Waals surface area contributed by atoms with Gasteiger partial charge in [0.25, 0.3) is 10.1 Å². The predicted octanol–water partition coefficient (Wildman–Crippen LogP) is 1.32. The quantitative estimate of drug-likeness (QED) is 0.329. The first-order valence-corrected chi connectivity index (χ1v) is 12.0. The van der Waals surface area contributed by atoms with Crippen LogP contribution in [0.15, 0.2) is 0 Å². The van der Waals surface area contributed by atoms with Crippen LogP contribution in [0.2, 0.25) is 0 Å². The van der Waals surface area contributed by atoms with Gasteiger partial charge in [-0.15, -0.1) is 0 Å². The van der Waals surface area contributed by atoms with E-state index >= 15 is 0 Å². The van der Waals surface area contributed by atoms with E-state index in [0.29, 0.717) is 13.1 Å². The second-order valence-corrected chi connectivity index (χ2v) is 11.8. The van der Waals surface area contributed by atoms with Gasteiger partial charge in [0.1, 0.15) is 0 Å². The Hall–Kier alpha value is -0.0200. The summed E-state index contributed by atoms with van der Waals surface area (Å²) in [7, 11) is -7.76. The summed E-state index contributed by atoms with van der Waals surface area (Å²) >= 11 is 0. The molecule has 0 aromatic carbocycles. The molecular weight excluding hydrogens is 367 g/mol. The van der Waals surface area contributed by atoms with Gasteiger partial charge in [-0.05, 0) is 55.0 Å². The fraction of sp³-hybridized carbons (Fsp3) is 1.00. The highest BCUT2D eigenvalue weighted by Crippen LogP contribution is 2.54. The van der Waals surface area contributed by atoms with E-state index in [1.165, 1.54) is 0 Å². The highest BCUT2D eigenvalue weighted by Gasteiger charge is 2.50. The number of hydrogen-bond donors (Lipinski definition) is 5. The minimum atomic E-state index is -3.88. The minimum Gasteiger partial charge on any atom is -0.330 e. The van der Waals surface area contributed by atoms with Crippen molar-refractivity contribution in [3.05, 3.63) is 0 Å². The molecule has 2 rings (SSSR count). The Morgan fingerprint density at radius 1 is 1.00 bits per heavy atom. The maximum absolute atomic E-state index is 10.8. The van der Waals surface area contributed by atoms with E-state index < -0.39 is 17.7 Å². The summed E-state index contributed by atoms with van der Waals surface area (Å²) in [5, 5.41) is 0. The lowest BCUT2D eigenvalue weighted by Gasteiger charge is -2.52. The van der Waals surface area contributed by atoms with Crippen molar-refractivity contribution in [2.24, 2.45) is 27.7 Å². The van der Waals surface area contributed by atoms with Crippen LogP contribution in [0.1, 0.15) is 52.4 Å². The van der Waals surface area contributed by atoms with Gasteiger partial charge in [-0.25, -0.2) is 0 Å². The Morgan fingerprint density at radius 3 is 1.72 bits per heavy atom. The lowest BCUT2D eigenvalue weighted by Crippen LogP contribution is -2.51.